The fourth-order valence-corrected chi connectivity index (χ4v) is 2.86. The van der Waals surface area contributed by atoms with Crippen LogP contribution in [0.1, 0.15) is 42.6 Å². The zero-order valence-electron chi connectivity index (χ0n) is 14.7. The Bertz CT molecular complexity index is 734. The number of aliphatic carboxylic acids is 1. The number of hydrogen-bond donors (Lipinski definition) is 1. The van der Waals surface area contributed by atoms with Crippen LogP contribution in [-0.4, -0.2) is 38.2 Å². The lowest BCUT2D eigenvalue weighted by molar-refractivity contribution is -0.143. The summed E-state index contributed by atoms with van der Waals surface area (Å²) in [6, 6.07) is 5.70. The minimum Gasteiger partial charge on any atom is -0.485 e. The molecule has 1 unspecified atom stereocenters. The number of aryl methyl sites for hydroxylation is 2. The first-order chi connectivity index (χ1) is 11.9. The van der Waals surface area contributed by atoms with Crippen molar-refractivity contribution in [1.82, 2.24) is 15.0 Å². The molecule has 1 aliphatic carbocycles. The second-order valence-electron chi connectivity index (χ2n) is 6.63. The largest absolute Gasteiger partial charge is 0.485 e. The molecule has 1 heterocycles. The van der Waals surface area contributed by atoms with Crippen LogP contribution in [-0.2, 0) is 17.9 Å². The molecule has 7 nitrogen and oxygen atoms in total. The number of rotatable bonds is 8. The third kappa shape index (κ3) is 4.57. The van der Waals surface area contributed by atoms with Gasteiger partial charge in [0, 0.05) is 6.04 Å². The van der Waals surface area contributed by atoms with Gasteiger partial charge in [-0.3, -0.25) is 9.69 Å². The molecule has 1 saturated carbocycles. The maximum Gasteiger partial charge on any atom is 0.320 e. The molecular weight excluding hydrogens is 322 g/mol. The van der Waals surface area contributed by atoms with Gasteiger partial charge in [-0.05, 0) is 56.9 Å². The molecule has 1 atom stereocenters. The summed E-state index contributed by atoms with van der Waals surface area (Å²) in [6.45, 7) is 6.27. The Hall–Kier alpha value is -2.41. The van der Waals surface area contributed by atoms with E-state index in [-0.39, 0.29) is 12.6 Å². The smallest absolute Gasteiger partial charge is 0.320 e. The summed E-state index contributed by atoms with van der Waals surface area (Å²) in [5.41, 5.74) is 2.26. The summed E-state index contributed by atoms with van der Waals surface area (Å²) >= 11 is 0. The van der Waals surface area contributed by atoms with Gasteiger partial charge in [0.15, 0.2) is 6.61 Å². The standard InChI is InChI=1S/C18H23N3O4/c1-11-6-12(2)8-15(7-11)24-10-16-19-17(25-20-16)9-21(14-4-5-14)13(3)18(22)23/h6-8,13-14H,4-5,9-10H2,1-3H3,(H,22,23). The van der Waals surface area contributed by atoms with Crippen LogP contribution in [0.4, 0.5) is 0 Å². The predicted molar refractivity (Wildman–Crippen MR) is 90.2 cm³/mol. The molecule has 0 spiro atoms. The van der Waals surface area contributed by atoms with Crippen LogP contribution in [0.25, 0.3) is 0 Å². The van der Waals surface area contributed by atoms with Gasteiger partial charge in [0.1, 0.15) is 11.8 Å². The molecule has 2 aromatic rings. The average Bonchev–Trinajstić information content (AvgIpc) is 3.28. The van der Waals surface area contributed by atoms with Crippen LogP contribution >= 0.6 is 0 Å². The minimum atomic E-state index is -0.843. The van der Waals surface area contributed by atoms with Gasteiger partial charge < -0.3 is 14.4 Å². The van der Waals surface area contributed by atoms with Gasteiger partial charge in [-0.2, -0.15) is 4.98 Å². The molecule has 1 fully saturated rings. The van der Waals surface area contributed by atoms with E-state index in [2.05, 4.69) is 16.2 Å². The van der Waals surface area contributed by atoms with Crippen molar-refractivity contribution in [2.24, 2.45) is 0 Å². The molecule has 0 aliphatic heterocycles. The second kappa shape index (κ2) is 7.23. The van der Waals surface area contributed by atoms with Crippen molar-refractivity contribution in [3.63, 3.8) is 0 Å². The first-order valence-electron chi connectivity index (χ1n) is 8.43. The van der Waals surface area contributed by atoms with E-state index in [0.717, 1.165) is 29.7 Å². The number of ether oxygens (including phenoxy) is 1. The van der Waals surface area contributed by atoms with Gasteiger partial charge >= 0.3 is 5.97 Å². The van der Waals surface area contributed by atoms with Crippen LogP contribution in [0.3, 0.4) is 0 Å². The predicted octanol–water partition coefficient (Wildman–Crippen LogP) is 2.70. The van der Waals surface area contributed by atoms with Crippen molar-refractivity contribution in [2.75, 3.05) is 0 Å². The summed E-state index contributed by atoms with van der Waals surface area (Å²) in [5.74, 6) is 0.791. The number of nitrogens with zero attached hydrogens (tertiary/aromatic N) is 3. The molecular formula is C18H23N3O4. The van der Waals surface area contributed by atoms with Crippen LogP contribution in [0.5, 0.6) is 5.75 Å². The van der Waals surface area contributed by atoms with Gasteiger partial charge in [0.2, 0.25) is 11.7 Å². The van der Waals surface area contributed by atoms with E-state index in [9.17, 15) is 9.90 Å². The Labute approximate surface area is 146 Å². The van der Waals surface area contributed by atoms with Gasteiger partial charge in [0.05, 0.1) is 6.54 Å². The summed E-state index contributed by atoms with van der Waals surface area (Å²) in [6.07, 6.45) is 2.02. The van der Waals surface area contributed by atoms with Crippen LogP contribution in [0.15, 0.2) is 22.7 Å². The Morgan fingerprint density at radius 1 is 1.36 bits per heavy atom. The monoisotopic (exact) mass is 345 g/mol. The second-order valence-corrected chi connectivity index (χ2v) is 6.63. The molecule has 1 N–H and O–H groups in total. The number of aromatic nitrogens is 2. The lowest BCUT2D eigenvalue weighted by Gasteiger charge is -2.24. The molecule has 3 rings (SSSR count). The quantitative estimate of drug-likeness (QED) is 0.787. The van der Waals surface area contributed by atoms with E-state index in [4.69, 9.17) is 9.26 Å². The molecule has 0 saturated heterocycles. The Morgan fingerprint density at radius 2 is 2.04 bits per heavy atom. The first-order valence-corrected chi connectivity index (χ1v) is 8.43. The average molecular weight is 345 g/mol. The van der Waals surface area contributed by atoms with E-state index >= 15 is 0 Å². The van der Waals surface area contributed by atoms with E-state index in [1.807, 2.05) is 30.9 Å². The molecule has 0 radical (unpaired) electrons. The van der Waals surface area contributed by atoms with Crippen molar-refractivity contribution < 1.29 is 19.2 Å². The number of carboxylic acids is 1. The highest BCUT2D eigenvalue weighted by Gasteiger charge is 2.36. The maximum absolute atomic E-state index is 11.3. The molecule has 0 amide bonds. The SMILES string of the molecule is Cc1cc(C)cc(OCc2noc(CN(C3CC3)C(C)C(=O)O)n2)c1. The van der Waals surface area contributed by atoms with E-state index < -0.39 is 12.0 Å². The Morgan fingerprint density at radius 3 is 2.64 bits per heavy atom. The van der Waals surface area contributed by atoms with Crippen molar-refractivity contribution >= 4 is 5.97 Å². The Kier molecular flexibility index (Phi) is 5.03. The molecule has 1 aliphatic rings. The molecule has 7 heteroatoms. The van der Waals surface area contributed by atoms with Crippen molar-refractivity contribution in [1.29, 1.82) is 0 Å². The fraction of sp³-hybridized carbons (Fsp3) is 0.500. The summed E-state index contributed by atoms with van der Waals surface area (Å²) in [4.78, 5) is 17.5. The lowest BCUT2D eigenvalue weighted by atomic mass is 10.1. The highest BCUT2D eigenvalue weighted by molar-refractivity contribution is 5.73. The summed E-state index contributed by atoms with van der Waals surface area (Å²) in [5, 5.41) is 13.2. The topological polar surface area (TPSA) is 88.7 Å². The van der Waals surface area contributed by atoms with Crippen LogP contribution in [0, 0.1) is 13.8 Å². The number of hydrogen-bond acceptors (Lipinski definition) is 6. The van der Waals surface area contributed by atoms with Gasteiger partial charge in [-0.25, -0.2) is 0 Å². The molecule has 1 aromatic carbocycles. The molecule has 134 valence electrons. The number of carboxylic acid groups (broad SMARTS) is 1. The first kappa shape index (κ1) is 17.4. The summed E-state index contributed by atoms with van der Waals surface area (Å²) in [7, 11) is 0. The Balaban J connectivity index is 1.60. The zero-order chi connectivity index (χ0) is 18.0. The van der Waals surface area contributed by atoms with Crippen molar-refractivity contribution in [3.05, 3.63) is 41.0 Å². The minimum absolute atomic E-state index is 0.213. The van der Waals surface area contributed by atoms with Crippen molar-refractivity contribution in [2.45, 2.75) is 58.8 Å². The maximum atomic E-state index is 11.3. The molecule has 1 aromatic heterocycles. The van der Waals surface area contributed by atoms with E-state index in [1.165, 1.54) is 0 Å². The van der Waals surface area contributed by atoms with Crippen LogP contribution in [0.2, 0.25) is 0 Å². The van der Waals surface area contributed by atoms with Gasteiger partial charge in [-0.1, -0.05) is 11.2 Å². The van der Waals surface area contributed by atoms with Gasteiger partial charge in [0.25, 0.3) is 0 Å². The lowest BCUT2D eigenvalue weighted by Crippen LogP contribution is -2.40. The highest BCUT2D eigenvalue weighted by Crippen LogP contribution is 2.30. The highest BCUT2D eigenvalue weighted by atomic mass is 16.5. The normalized spacial score (nSPS) is 15.4. The third-order valence-corrected chi connectivity index (χ3v) is 4.26. The third-order valence-electron chi connectivity index (χ3n) is 4.26. The number of carbonyl (C=O) groups is 1. The van der Waals surface area contributed by atoms with Gasteiger partial charge in [-0.15, -0.1) is 0 Å². The number of benzene rings is 1. The van der Waals surface area contributed by atoms with E-state index in [1.54, 1.807) is 6.92 Å². The molecule has 25 heavy (non-hydrogen) atoms. The van der Waals surface area contributed by atoms with E-state index in [0.29, 0.717) is 18.3 Å². The van der Waals surface area contributed by atoms with Crippen molar-refractivity contribution in [3.8, 4) is 5.75 Å². The fourth-order valence-electron chi connectivity index (χ4n) is 2.86. The molecule has 0 bridgehead atoms. The van der Waals surface area contributed by atoms with Crippen LogP contribution < -0.4 is 4.74 Å². The summed E-state index contributed by atoms with van der Waals surface area (Å²) < 4.78 is 11.0. The zero-order valence-corrected chi connectivity index (χ0v) is 14.7.